The fourth-order valence-electron chi connectivity index (χ4n) is 3.80. The maximum atomic E-state index is 12.5. The molecule has 0 saturated heterocycles. The van der Waals surface area contributed by atoms with Crippen LogP contribution < -0.4 is 5.32 Å². The lowest BCUT2D eigenvalue weighted by Crippen LogP contribution is -2.12. The van der Waals surface area contributed by atoms with Gasteiger partial charge in [-0.2, -0.15) is 0 Å². The van der Waals surface area contributed by atoms with E-state index in [-0.39, 0.29) is 5.91 Å². The highest BCUT2D eigenvalue weighted by Crippen LogP contribution is 2.33. The summed E-state index contributed by atoms with van der Waals surface area (Å²) >= 11 is 0. The zero-order chi connectivity index (χ0) is 18.5. The van der Waals surface area contributed by atoms with Crippen molar-refractivity contribution in [3.8, 4) is 11.3 Å². The molecular formula is C24H24N2O. The van der Waals surface area contributed by atoms with Gasteiger partial charge in [-0.15, -0.1) is 0 Å². The number of anilines is 1. The summed E-state index contributed by atoms with van der Waals surface area (Å²) in [4.78, 5) is 16.9. The van der Waals surface area contributed by atoms with Gasteiger partial charge in [0.15, 0.2) is 0 Å². The van der Waals surface area contributed by atoms with Crippen molar-refractivity contribution in [3.05, 3.63) is 84.1 Å². The Kier molecular flexibility index (Phi) is 5.29. The summed E-state index contributed by atoms with van der Waals surface area (Å²) in [5.41, 5.74) is 4.79. The summed E-state index contributed by atoms with van der Waals surface area (Å²) in [6.07, 6.45) is 8.37. The van der Waals surface area contributed by atoms with Crippen molar-refractivity contribution in [2.45, 2.75) is 38.0 Å². The molecule has 1 amide bonds. The van der Waals surface area contributed by atoms with E-state index in [0.717, 1.165) is 16.9 Å². The number of rotatable bonds is 4. The normalized spacial score (nSPS) is 14.7. The Balaban J connectivity index is 1.41. The number of hydrogen-bond donors (Lipinski definition) is 1. The minimum Gasteiger partial charge on any atom is -0.322 e. The zero-order valence-electron chi connectivity index (χ0n) is 15.4. The molecular weight excluding hydrogens is 332 g/mol. The number of pyridine rings is 1. The Bertz CT molecular complexity index is 880. The first kappa shape index (κ1) is 17.5. The maximum Gasteiger partial charge on any atom is 0.255 e. The van der Waals surface area contributed by atoms with E-state index in [1.165, 1.54) is 37.7 Å². The highest BCUT2D eigenvalue weighted by molar-refractivity contribution is 6.04. The highest BCUT2D eigenvalue weighted by atomic mass is 16.1. The van der Waals surface area contributed by atoms with E-state index in [1.807, 2.05) is 54.6 Å². The molecule has 136 valence electrons. The second kappa shape index (κ2) is 8.17. The third-order valence-electron chi connectivity index (χ3n) is 5.35. The van der Waals surface area contributed by atoms with Gasteiger partial charge < -0.3 is 5.32 Å². The molecule has 0 bridgehead atoms. The monoisotopic (exact) mass is 356 g/mol. The largest absolute Gasteiger partial charge is 0.322 e. The molecule has 1 aromatic heterocycles. The third kappa shape index (κ3) is 4.25. The van der Waals surface area contributed by atoms with Gasteiger partial charge in [0.25, 0.3) is 5.91 Å². The number of benzene rings is 2. The van der Waals surface area contributed by atoms with Crippen LogP contribution in [0, 0.1) is 0 Å². The second-order valence-corrected chi connectivity index (χ2v) is 7.20. The molecule has 0 spiro atoms. The number of amides is 1. The molecule has 1 fully saturated rings. The lowest BCUT2D eigenvalue weighted by Gasteiger charge is -2.22. The first-order chi connectivity index (χ1) is 13.3. The number of carbonyl (C=O) groups is 1. The van der Waals surface area contributed by atoms with Crippen molar-refractivity contribution in [1.29, 1.82) is 0 Å². The Morgan fingerprint density at radius 3 is 2.26 bits per heavy atom. The van der Waals surface area contributed by atoms with Crippen molar-refractivity contribution < 1.29 is 4.79 Å². The number of aromatic nitrogens is 1. The molecule has 0 unspecified atom stereocenters. The molecule has 1 aliphatic carbocycles. The maximum absolute atomic E-state index is 12.5. The van der Waals surface area contributed by atoms with Crippen LogP contribution in [0.25, 0.3) is 11.3 Å². The van der Waals surface area contributed by atoms with E-state index in [0.29, 0.717) is 11.5 Å². The van der Waals surface area contributed by atoms with Crippen LogP contribution in [0.4, 0.5) is 5.69 Å². The van der Waals surface area contributed by atoms with E-state index in [9.17, 15) is 4.79 Å². The van der Waals surface area contributed by atoms with Gasteiger partial charge in [-0.25, -0.2) is 0 Å². The zero-order valence-corrected chi connectivity index (χ0v) is 15.4. The fourth-order valence-corrected chi connectivity index (χ4v) is 3.80. The molecule has 1 heterocycles. The number of hydrogen-bond acceptors (Lipinski definition) is 2. The average Bonchev–Trinajstić information content (AvgIpc) is 2.76. The van der Waals surface area contributed by atoms with Crippen molar-refractivity contribution >= 4 is 11.6 Å². The molecule has 3 nitrogen and oxygen atoms in total. The number of nitrogens with zero attached hydrogens (tertiary/aromatic N) is 1. The lowest BCUT2D eigenvalue weighted by molar-refractivity contribution is 0.102. The summed E-state index contributed by atoms with van der Waals surface area (Å²) < 4.78 is 0. The van der Waals surface area contributed by atoms with Crippen molar-refractivity contribution in [2.24, 2.45) is 0 Å². The average molecular weight is 356 g/mol. The van der Waals surface area contributed by atoms with Crippen LogP contribution >= 0.6 is 0 Å². The smallest absolute Gasteiger partial charge is 0.255 e. The van der Waals surface area contributed by atoms with Crippen LogP contribution in [0.15, 0.2) is 72.9 Å². The van der Waals surface area contributed by atoms with Crippen LogP contribution in [-0.4, -0.2) is 10.9 Å². The van der Waals surface area contributed by atoms with Crippen molar-refractivity contribution in [3.63, 3.8) is 0 Å². The predicted molar refractivity (Wildman–Crippen MR) is 110 cm³/mol. The van der Waals surface area contributed by atoms with Gasteiger partial charge >= 0.3 is 0 Å². The Hall–Kier alpha value is -2.94. The molecule has 1 aliphatic rings. The van der Waals surface area contributed by atoms with Crippen LogP contribution in [0.1, 0.15) is 53.9 Å². The first-order valence-electron chi connectivity index (χ1n) is 9.72. The molecule has 3 heteroatoms. The molecule has 4 rings (SSSR count). The molecule has 3 aromatic rings. The number of nitrogens with one attached hydrogen (secondary N) is 1. The van der Waals surface area contributed by atoms with Crippen LogP contribution in [0.2, 0.25) is 0 Å². The Labute approximate surface area is 160 Å². The summed E-state index contributed by atoms with van der Waals surface area (Å²) in [7, 11) is 0. The molecule has 2 aromatic carbocycles. The van der Waals surface area contributed by atoms with Gasteiger partial charge in [-0.05, 0) is 60.7 Å². The second-order valence-electron chi connectivity index (χ2n) is 7.20. The van der Waals surface area contributed by atoms with E-state index < -0.39 is 0 Å². The van der Waals surface area contributed by atoms with Crippen LogP contribution in [0.3, 0.4) is 0 Å². The van der Waals surface area contributed by atoms with Crippen molar-refractivity contribution in [2.75, 3.05) is 5.32 Å². The Morgan fingerprint density at radius 2 is 1.59 bits per heavy atom. The van der Waals surface area contributed by atoms with Crippen molar-refractivity contribution in [1.82, 2.24) is 4.98 Å². The third-order valence-corrected chi connectivity index (χ3v) is 5.35. The van der Waals surface area contributed by atoms with Gasteiger partial charge in [-0.3, -0.25) is 9.78 Å². The first-order valence-corrected chi connectivity index (χ1v) is 9.72. The van der Waals surface area contributed by atoms with Gasteiger partial charge in [0, 0.05) is 23.0 Å². The molecule has 27 heavy (non-hydrogen) atoms. The molecule has 0 radical (unpaired) electrons. The molecule has 0 atom stereocenters. The van der Waals surface area contributed by atoms with Crippen LogP contribution in [-0.2, 0) is 0 Å². The lowest BCUT2D eigenvalue weighted by atomic mass is 9.84. The minimum absolute atomic E-state index is 0.0898. The minimum atomic E-state index is -0.0898. The van der Waals surface area contributed by atoms with E-state index in [2.05, 4.69) is 22.4 Å². The van der Waals surface area contributed by atoms with Gasteiger partial charge in [0.05, 0.1) is 5.69 Å². The summed E-state index contributed by atoms with van der Waals surface area (Å²) in [6, 6.07) is 21.7. The topological polar surface area (TPSA) is 42.0 Å². The summed E-state index contributed by atoms with van der Waals surface area (Å²) in [5.74, 6) is 0.593. The van der Waals surface area contributed by atoms with Gasteiger partial charge in [0.2, 0.25) is 0 Å². The van der Waals surface area contributed by atoms with E-state index in [1.54, 1.807) is 6.20 Å². The van der Waals surface area contributed by atoms with Crippen LogP contribution in [0.5, 0.6) is 0 Å². The van der Waals surface area contributed by atoms with E-state index >= 15 is 0 Å². The molecule has 1 N–H and O–H groups in total. The van der Waals surface area contributed by atoms with E-state index in [4.69, 9.17) is 0 Å². The summed E-state index contributed by atoms with van der Waals surface area (Å²) in [6.45, 7) is 0. The SMILES string of the molecule is O=C(Nc1ccc(C2CCCCC2)cc1)c1ccc(-c2ccccn2)cc1. The predicted octanol–water partition coefficient (Wildman–Crippen LogP) is 6.05. The Morgan fingerprint density at radius 1 is 0.852 bits per heavy atom. The van der Waals surface area contributed by atoms with Gasteiger partial charge in [-0.1, -0.05) is 49.6 Å². The standard InChI is InChI=1S/C24H24N2O/c27-24(21-11-9-20(10-12-21)23-8-4-5-17-25-23)26-22-15-13-19(14-16-22)18-6-2-1-3-7-18/h4-5,8-18H,1-3,6-7H2,(H,26,27). The number of carbonyl (C=O) groups excluding carboxylic acids is 1. The highest BCUT2D eigenvalue weighted by Gasteiger charge is 2.15. The molecule has 1 saturated carbocycles. The summed E-state index contributed by atoms with van der Waals surface area (Å²) in [5, 5.41) is 2.99. The fraction of sp³-hybridized carbons (Fsp3) is 0.250. The quantitative estimate of drug-likeness (QED) is 0.618. The molecule has 0 aliphatic heterocycles. The van der Waals surface area contributed by atoms with Gasteiger partial charge in [0.1, 0.15) is 0 Å².